The zero-order valence-electron chi connectivity index (χ0n) is 9.38. The van der Waals surface area contributed by atoms with E-state index in [2.05, 4.69) is 0 Å². The van der Waals surface area contributed by atoms with Crippen molar-refractivity contribution in [2.75, 3.05) is 0 Å². The average molecular weight is 224 g/mol. The molecule has 16 heavy (non-hydrogen) atoms. The maximum absolute atomic E-state index is 10.8. The van der Waals surface area contributed by atoms with Gasteiger partial charge >= 0.3 is 5.97 Å². The zero-order valence-corrected chi connectivity index (χ0v) is 9.38. The number of rotatable bonds is 5. The zero-order chi connectivity index (χ0) is 12.1. The van der Waals surface area contributed by atoms with Crippen LogP contribution in [0.5, 0.6) is 5.75 Å². The van der Waals surface area contributed by atoms with Crippen LogP contribution in [0.2, 0.25) is 0 Å². The van der Waals surface area contributed by atoms with Crippen molar-refractivity contribution in [3.63, 3.8) is 0 Å². The second-order valence-corrected chi connectivity index (χ2v) is 3.60. The highest BCUT2D eigenvalue weighted by molar-refractivity contribution is 5.72. The molecule has 1 aromatic carbocycles. The van der Waals surface area contributed by atoms with Crippen LogP contribution < -0.4 is 4.74 Å². The molecule has 2 N–H and O–H groups in total. The molecule has 0 heterocycles. The van der Waals surface area contributed by atoms with Gasteiger partial charge in [-0.3, -0.25) is 0 Å². The SMILES string of the molecule is CCC(Oc1cccc([C@H](C)O)c1)C(=O)O. The normalized spacial score (nSPS) is 14.2. The molecule has 0 bridgehead atoms. The lowest BCUT2D eigenvalue weighted by Crippen LogP contribution is -2.25. The summed E-state index contributed by atoms with van der Waals surface area (Å²) in [6.45, 7) is 3.39. The van der Waals surface area contributed by atoms with Gasteiger partial charge in [-0.15, -0.1) is 0 Å². The van der Waals surface area contributed by atoms with Crippen LogP contribution in [-0.4, -0.2) is 22.3 Å². The van der Waals surface area contributed by atoms with Gasteiger partial charge < -0.3 is 14.9 Å². The molecular formula is C12H16O4. The highest BCUT2D eigenvalue weighted by atomic mass is 16.5. The monoisotopic (exact) mass is 224 g/mol. The van der Waals surface area contributed by atoms with Gasteiger partial charge in [0.15, 0.2) is 6.10 Å². The highest BCUT2D eigenvalue weighted by Crippen LogP contribution is 2.20. The van der Waals surface area contributed by atoms with Gasteiger partial charge in [-0.25, -0.2) is 4.79 Å². The predicted octanol–water partition coefficient (Wildman–Crippen LogP) is 1.98. The van der Waals surface area contributed by atoms with Crippen molar-refractivity contribution in [3.8, 4) is 5.75 Å². The molecular weight excluding hydrogens is 208 g/mol. The predicted molar refractivity (Wildman–Crippen MR) is 59.4 cm³/mol. The summed E-state index contributed by atoms with van der Waals surface area (Å²) in [4.78, 5) is 10.8. The topological polar surface area (TPSA) is 66.8 Å². The van der Waals surface area contributed by atoms with Gasteiger partial charge in [-0.1, -0.05) is 19.1 Å². The van der Waals surface area contributed by atoms with E-state index in [1.165, 1.54) is 0 Å². The summed E-state index contributed by atoms with van der Waals surface area (Å²) in [7, 11) is 0. The van der Waals surface area contributed by atoms with E-state index in [0.717, 1.165) is 0 Å². The molecule has 4 nitrogen and oxygen atoms in total. The molecule has 0 saturated carbocycles. The van der Waals surface area contributed by atoms with E-state index in [4.69, 9.17) is 9.84 Å². The molecule has 4 heteroatoms. The number of aliphatic hydroxyl groups is 1. The van der Waals surface area contributed by atoms with Gasteiger partial charge in [0.25, 0.3) is 0 Å². The minimum absolute atomic E-state index is 0.397. The van der Waals surface area contributed by atoms with E-state index >= 15 is 0 Å². The van der Waals surface area contributed by atoms with E-state index in [1.54, 1.807) is 38.1 Å². The van der Waals surface area contributed by atoms with Gasteiger partial charge in [-0.05, 0) is 31.0 Å². The van der Waals surface area contributed by atoms with Crippen molar-refractivity contribution in [2.24, 2.45) is 0 Å². The number of hydrogen-bond donors (Lipinski definition) is 2. The van der Waals surface area contributed by atoms with Gasteiger partial charge in [0, 0.05) is 0 Å². The van der Waals surface area contributed by atoms with Crippen LogP contribution in [0.25, 0.3) is 0 Å². The average Bonchev–Trinajstić information content (AvgIpc) is 2.25. The molecule has 0 fully saturated rings. The largest absolute Gasteiger partial charge is 0.479 e. The van der Waals surface area contributed by atoms with Crippen LogP contribution in [0.4, 0.5) is 0 Å². The maximum atomic E-state index is 10.8. The van der Waals surface area contributed by atoms with Gasteiger partial charge in [-0.2, -0.15) is 0 Å². The van der Waals surface area contributed by atoms with Crippen LogP contribution in [0.15, 0.2) is 24.3 Å². The first-order chi connectivity index (χ1) is 7.54. The summed E-state index contributed by atoms with van der Waals surface area (Å²) in [5.74, 6) is -0.516. The van der Waals surface area contributed by atoms with Gasteiger partial charge in [0.2, 0.25) is 0 Å². The van der Waals surface area contributed by atoms with E-state index in [-0.39, 0.29) is 0 Å². The van der Waals surface area contributed by atoms with Crippen LogP contribution in [0, 0.1) is 0 Å². The Bertz CT molecular complexity index is 360. The van der Waals surface area contributed by atoms with Crippen LogP contribution in [-0.2, 0) is 4.79 Å². The third kappa shape index (κ3) is 3.24. The Hall–Kier alpha value is -1.55. The number of carbonyl (C=O) groups is 1. The van der Waals surface area contributed by atoms with Crippen LogP contribution in [0.3, 0.4) is 0 Å². The number of carboxylic acid groups (broad SMARTS) is 1. The van der Waals surface area contributed by atoms with E-state index in [0.29, 0.717) is 17.7 Å². The Morgan fingerprint density at radius 3 is 2.69 bits per heavy atom. The van der Waals surface area contributed by atoms with Crippen LogP contribution >= 0.6 is 0 Å². The molecule has 1 rings (SSSR count). The number of aliphatic carboxylic acids is 1. The van der Waals surface area contributed by atoms with Crippen molar-refractivity contribution < 1.29 is 19.7 Å². The second kappa shape index (κ2) is 5.51. The first-order valence-electron chi connectivity index (χ1n) is 5.22. The lowest BCUT2D eigenvalue weighted by Gasteiger charge is -2.14. The van der Waals surface area contributed by atoms with Crippen molar-refractivity contribution >= 4 is 5.97 Å². The first kappa shape index (κ1) is 12.5. The third-order valence-electron chi connectivity index (χ3n) is 2.27. The minimum atomic E-state index is -0.982. The van der Waals surface area contributed by atoms with Crippen molar-refractivity contribution in [1.29, 1.82) is 0 Å². The second-order valence-electron chi connectivity index (χ2n) is 3.60. The minimum Gasteiger partial charge on any atom is -0.479 e. The highest BCUT2D eigenvalue weighted by Gasteiger charge is 2.16. The molecule has 0 aliphatic rings. The summed E-state index contributed by atoms with van der Waals surface area (Å²) >= 11 is 0. The van der Waals surface area contributed by atoms with Crippen molar-refractivity contribution in [2.45, 2.75) is 32.5 Å². The Balaban J connectivity index is 2.80. The third-order valence-corrected chi connectivity index (χ3v) is 2.27. The molecule has 1 aromatic rings. The fraction of sp³-hybridized carbons (Fsp3) is 0.417. The Kier molecular flexibility index (Phi) is 4.31. The maximum Gasteiger partial charge on any atom is 0.344 e. The lowest BCUT2D eigenvalue weighted by molar-refractivity contribution is -0.145. The number of aliphatic hydroxyl groups excluding tert-OH is 1. The van der Waals surface area contributed by atoms with Crippen molar-refractivity contribution in [3.05, 3.63) is 29.8 Å². The first-order valence-corrected chi connectivity index (χ1v) is 5.22. The number of ether oxygens (including phenoxy) is 1. The Labute approximate surface area is 94.5 Å². The van der Waals surface area contributed by atoms with E-state index in [1.807, 2.05) is 0 Å². The molecule has 0 aliphatic heterocycles. The number of benzene rings is 1. The molecule has 0 amide bonds. The smallest absolute Gasteiger partial charge is 0.344 e. The number of carboxylic acids is 1. The van der Waals surface area contributed by atoms with E-state index in [9.17, 15) is 9.90 Å². The molecule has 0 saturated heterocycles. The van der Waals surface area contributed by atoms with Crippen LogP contribution in [0.1, 0.15) is 31.9 Å². The molecule has 0 aliphatic carbocycles. The van der Waals surface area contributed by atoms with Gasteiger partial charge in [0.05, 0.1) is 6.10 Å². The Morgan fingerprint density at radius 1 is 1.50 bits per heavy atom. The molecule has 2 atom stereocenters. The summed E-state index contributed by atoms with van der Waals surface area (Å²) < 4.78 is 5.31. The quantitative estimate of drug-likeness (QED) is 0.802. The summed E-state index contributed by atoms with van der Waals surface area (Å²) in [5, 5.41) is 18.2. The Morgan fingerprint density at radius 2 is 2.19 bits per heavy atom. The molecule has 1 unspecified atom stereocenters. The lowest BCUT2D eigenvalue weighted by atomic mass is 10.1. The fourth-order valence-electron chi connectivity index (χ4n) is 1.32. The van der Waals surface area contributed by atoms with Gasteiger partial charge in [0.1, 0.15) is 5.75 Å². The molecule has 0 radical (unpaired) electrons. The standard InChI is InChI=1S/C12H16O4/c1-3-11(12(14)15)16-10-6-4-5-9(7-10)8(2)13/h4-8,11,13H,3H2,1-2H3,(H,14,15)/t8-,11?/m0/s1. The summed E-state index contributed by atoms with van der Waals surface area (Å²) in [5.41, 5.74) is 0.706. The molecule has 0 spiro atoms. The van der Waals surface area contributed by atoms with Crippen molar-refractivity contribution in [1.82, 2.24) is 0 Å². The molecule has 88 valence electrons. The number of hydrogen-bond acceptors (Lipinski definition) is 3. The van der Waals surface area contributed by atoms with E-state index < -0.39 is 18.2 Å². The summed E-state index contributed by atoms with van der Waals surface area (Å²) in [6, 6.07) is 6.82. The fourth-order valence-corrected chi connectivity index (χ4v) is 1.32. The summed E-state index contributed by atoms with van der Waals surface area (Å²) in [6.07, 6.45) is -1.04. The molecule has 0 aromatic heterocycles.